The summed E-state index contributed by atoms with van der Waals surface area (Å²) in [4.78, 5) is 4.10. The van der Waals surface area contributed by atoms with Crippen molar-refractivity contribution in [1.82, 2.24) is 4.98 Å². The SMILES string of the molecule is COC=CCc1nccs1. The van der Waals surface area contributed by atoms with Crippen LogP contribution in [0.1, 0.15) is 5.01 Å². The summed E-state index contributed by atoms with van der Waals surface area (Å²) >= 11 is 1.66. The number of hydrogen-bond donors (Lipinski definition) is 0. The first-order valence-corrected chi connectivity index (χ1v) is 3.87. The number of aromatic nitrogens is 1. The number of ether oxygens (including phenoxy) is 1. The highest BCUT2D eigenvalue weighted by Crippen LogP contribution is 2.04. The molecular formula is C7H9NOS. The number of nitrogens with zero attached hydrogens (tertiary/aromatic N) is 1. The van der Waals surface area contributed by atoms with E-state index < -0.39 is 0 Å². The molecule has 0 N–H and O–H groups in total. The van der Waals surface area contributed by atoms with Crippen LogP contribution < -0.4 is 0 Å². The lowest BCUT2D eigenvalue weighted by Crippen LogP contribution is -1.76. The minimum absolute atomic E-state index is 0.867. The van der Waals surface area contributed by atoms with Crippen LogP contribution in [0.25, 0.3) is 0 Å². The summed E-state index contributed by atoms with van der Waals surface area (Å²) in [6.45, 7) is 0. The molecule has 54 valence electrons. The molecule has 0 aliphatic heterocycles. The Morgan fingerprint density at radius 3 is 3.30 bits per heavy atom. The van der Waals surface area contributed by atoms with Crippen LogP contribution in [0.5, 0.6) is 0 Å². The van der Waals surface area contributed by atoms with Gasteiger partial charge in [-0.25, -0.2) is 4.98 Å². The summed E-state index contributed by atoms with van der Waals surface area (Å²) in [7, 11) is 1.64. The van der Waals surface area contributed by atoms with Gasteiger partial charge in [0.15, 0.2) is 0 Å². The Kier molecular flexibility index (Phi) is 2.96. The van der Waals surface area contributed by atoms with Gasteiger partial charge in [-0.15, -0.1) is 11.3 Å². The first-order chi connectivity index (χ1) is 4.93. The second kappa shape index (κ2) is 4.06. The fraction of sp³-hybridized carbons (Fsp3) is 0.286. The highest BCUT2D eigenvalue weighted by Gasteiger charge is 1.88. The third-order valence-corrected chi connectivity index (χ3v) is 1.81. The minimum atomic E-state index is 0.867. The molecule has 0 saturated heterocycles. The molecule has 0 atom stereocenters. The lowest BCUT2D eigenvalue weighted by molar-refractivity contribution is 0.337. The van der Waals surface area contributed by atoms with Gasteiger partial charge in [0.05, 0.1) is 18.4 Å². The summed E-state index contributed by atoms with van der Waals surface area (Å²) in [5, 5.41) is 3.09. The Hall–Kier alpha value is -0.830. The average Bonchev–Trinajstić information content (AvgIpc) is 2.41. The van der Waals surface area contributed by atoms with Crippen LogP contribution >= 0.6 is 11.3 Å². The maximum atomic E-state index is 4.74. The Morgan fingerprint density at radius 2 is 2.70 bits per heavy atom. The van der Waals surface area contributed by atoms with Crippen molar-refractivity contribution < 1.29 is 4.74 Å². The van der Waals surface area contributed by atoms with Crippen molar-refractivity contribution in [3.05, 3.63) is 28.9 Å². The van der Waals surface area contributed by atoms with Crippen LogP contribution in [0, 0.1) is 0 Å². The Bertz CT molecular complexity index is 193. The second-order valence-corrected chi connectivity index (χ2v) is 2.72. The van der Waals surface area contributed by atoms with Gasteiger partial charge in [0.25, 0.3) is 0 Å². The first-order valence-electron chi connectivity index (χ1n) is 2.99. The van der Waals surface area contributed by atoms with E-state index in [-0.39, 0.29) is 0 Å². The van der Waals surface area contributed by atoms with E-state index in [0.717, 1.165) is 11.4 Å². The smallest absolute Gasteiger partial charge is 0.0963 e. The number of thiazole rings is 1. The number of methoxy groups -OCH3 is 1. The molecule has 10 heavy (non-hydrogen) atoms. The van der Waals surface area contributed by atoms with Gasteiger partial charge in [-0.1, -0.05) is 0 Å². The highest BCUT2D eigenvalue weighted by molar-refractivity contribution is 7.09. The lowest BCUT2D eigenvalue weighted by Gasteiger charge is -1.85. The standard InChI is InChI=1S/C7H9NOS/c1-9-5-2-3-7-8-4-6-10-7/h2,4-6H,3H2,1H3. The van der Waals surface area contributed by atoms with Crippen LogP contribution in [-0.2, 0) is 11.2 Å². The first kappa shape index (κ1) is 7.28. The van der Waals surface area contributed by atoms with Crippen molar-refractivity contribution in [3.63, 3.8) is 0 Å². The third-order valence-electron chi connectivity index (χ3n) is 1.01. The number of rotatable bonds is 3. The van der Waals surface area contributed by atoms with E-state index in [0.29, 0.717) is 0 Å². The molecule has 0 radical (unpaired) electrons. The fourth-order valence-corrected chi connectivity index (χ4v) is 1.19. The number of allylic oxidation sites excluding steroid dienone is 1. The molecule has 0 amide bonds. The zero-order valence-electron chi connectivity index (χ0n) is 5.78. The van der Waals surface area contributed by atoms with Crippen molar-refractivity contribution >= 4 is 11.3 Å². The highest BCUT2D eigenvalue weighted by atomic mass is 32.1. The van der Waals surface area contributed by atoms with E-state index in [2.05, 4.69) is 4.98 Å². The molecule has 1 heterocycles. The summed E-state index contributed by atoms with van der Waals surface area (Å²) in [6, 6.07) is 0. The predicted octanol–water partition coefficient (Wildman–Crippen LogP) is 1.85. The number of hydrogen-bond acceptors (Lipinski definition) is 3. The van der Waals surface area contributed by atoms with Crippen LogP contribution in [0.4, 0.5) is 0 Å². The lowest BCUT2D eigenvalue weighted by atomic mass is 10.4. The normalized spacial score (nSPS) is 10.5. The Morgan fingerprint density at radius 1 is 1.80 bits per heavy atom. The molecule has 1 rings (SSSR count). The summed E-state index contributed by atoms with van der Waals surface area (Å²) in [5.41, 5.74) is 0. The van der Waals surface area contributed by atoms with E-state index in [4.69, 9.17) is 4.74 Å². The van der Waals surface area contributed by atoms with Crippen LogP contribution in [-0.4, -0.2) is 12.1 Å². The summed E-state index contributed by atoms with van der Waals surface area (Å²) in [6.07, 6.45) is 6.28. The third kappa shape index (κ3) is 2.19. The maximum Gasteiger partial charge on any atom is 0.0963 e. The molecule has 0 aliphatic carbocycles. The van der Waals surface area contributed by atoms with Crippen LogP contribution in [0.3, 0.4) is 0 Å². The van der Waals surface area contributed by atoms with Crippen LogP contribution in [0.15, 0.2) is 23.9 Å². The second-order valence-electron chi connectivity index (χ2n) is 1.74. The van der Waals surface area contributed by atoms with E-state index in [1.54, 1.807) is 30.9 Å². The van der Waals surface area contributed by atoms with E-state index in [1.165, 1.54) is 0 Å². The van der Waals surface area contributed by atoms with Crippen molar-refractivity contribution in [2.45, 2.75) is 6.42 Å². The topological polar surface area (TPSA) is 22.1 Å². The average molecular weight is 155 g/mol. The Labute approximate surface area is 64.2 Å². The van der Waals surface area contributed by atoms with Crippen molar-refractivity contribution in [2.75, 3.05) is 7.11 Å². The van der Waals surface area contributed by atoms with E-state index in [9.17, 15) is 0 Å². The summed E-state index contributed by atoms with van der Waals surface area (Å²) < 4.78 is 4.74. The molecule has 0 bridgehead atoms. The predicted molar refractivity (Wildman–Crippen MR) is 42.0 cm³/mol. The molecule has 2 nitrogen and oxygen atoms in total. The largest absolute Gasteiger partial charge is 0.505 e. The van der Waals surface area contributed by atoms with Gasteiger partial charge in [-0.3, -0.25) is 0 Å². The molecule has 1 aromatic heterocycles. The zero-order chi connectivity index (χ0) is 7.23. The Balaban J connectivity index is 2.34. The molecule has 3 heteroatoms. The van der Waals surface area contributed by atoms with Gasteiger partial charge in [-0.05, 0) is 6.08 Å². The summed E-state index contributed by atoms with van der Waals surface area (Å²) in [5.74, 6) is 0. The van der Waals surface area contributed by atoms with Gasteiger partial charge in [0, 0.05) is 18.0 Å². The van der Waals surface area contributed by atoms with Crippen molar-refractivity contribution in [2.24, 2.45) is 0 Å². The van der Waals surface area contributed by atoms with Gasteiger partial charge < -0.3 is 4.74 Å². The molecule has 0 unspecified atom stereocenters. The molecule has 0 aromatic carbocycles. The van der Waals surface area contributed by atoms with Gasteiger partial charge in [0.2, 0.25) is 0 Å². The quantitative estimate of drug-likeness (QED) is 0.621. The fourth-order valence-electron chi connectivity index (χ4n) is 0.599. The van der Waals surface area contributed by atoms with Gasteiger partial charge in [0.1, 0.15) is 0 Å². The minimum Gasteiger partial charge on any atom is -0.505 e. The van der Waals surface area contributed by atoms with Crippen molar-refractivity contribution in [3.8, 4) is 0 Å². The zero-order valence-corrected chi connectivity index (χ0v) is 6.60. The monoisotopic (exact) mass is 155 g/mol. The van der Waals surface area contributed by atoms with Gasteiger partial charge in [-0.2, -0.15) is 0 Å². The van der Waals surface area contributed by atoms with Crippen molar-refractivity contribution in [1.29, 1.82) is 0 Å². The van der Waals surface area contributed by atoms with E-state index in [1.807, 2.05) is 11.5 Å². The molecule has 0 saturated carbocycles. The molecule has 0 spiro atoms. The van der Waals surface area contributed by atoms with Crippen LogP contribution in [0.2, 0.25) is 0 Å². The molecule has 0 aliphatic rings. The maximum absolute atomic E-state index is 4.74. The molecule has 0 fully saturated rings. The van der Waals surface area contributed by atoms with E-state index >= 15 is 0 Å². The molecule has 1 aromatic rings. The molecular weight excluding hydrogens is 146 g/mol. The van der Waals surface area contributed by atoms with Gasteiger partial charge >= 0.3 is 0 Å².